The van der Waals surface area contributed by atoms with Crippen molar-refractivity contribution in [3.8, 4) is 11.1 Å². The fourth-order valence-electron chi connectivity index (χ4n) is 8.52. The summed E-state index contributed by atoms with van der Waals surface area (Å²) in [5.74, 6) is 2.38. The van der Waals surface area contributed by atoms with Crippen LogP contribution in [-0.4, -0.2) is 10.5 Å². The van der Waals surface area contributed by atoms with Crippen LogP contribution in [0.2, 0.25) is 0 Å². The van der Waals surface area contributed by atoms with Crippen LogP contribution in [0.25, 0.3) is 11.1 Å². The molecule has 7 atom stereocenters. The lowest BCUT2D eigenvalue weighted by molar-refractivity contribution is 0.206. The second kappa shape index (κ2) is 10.1. The highest BCUT2D eigenvalue weighted by Crippen LogP contribution is 2.67. The molecule has 2 aromatic carbocycles. The molecule has 40 heavy (non-hydrogen) atoms. The molecule has 6 aliphatic rings. The first-order valence-corrected chi connectivity index (χ1v) is 17.2. The van der Waals surface area contributed by atoms with E-state index in [0.29, 0.717) is 34.2 Å². The van der Waals surface area contributed by atoms with Gasteiger partial charge in [0, 0.05) is 31.6 Å². The Balaban J connectivity index is 1.36. The summed E-state index contributed by atoms with van der Waals surface area (Å²) in [6.07, 6.45) is 30.4. The molecule has 0 aromatic heterocycles. The van der Waals surface area contributed by atoms with Crippen molar-refractivity contribution in [3.63, 3.8) is 0 Å². The van der Waals surface area contributed by atoms with Crippen molar-refractivity contribution in [1.82, 2.24) is 0 Å². The standard InChI is InChI=1S/C38H38S2/c1-25-16-20-35-32(22-25)38(31-19-17-29(24-37(31)40-35)27-12-6-3-7-13-27)30-14-8-9-15-34(30)39-36-21-18-28(23-33(36)38)26-10-4-2-5-11-26/h2-4,6-7,12-21,23-26,32-33,35-36H,5,8-11,22H2,1H3. The van der Waals surface area contributed by atoms with E-state index in [2.05, 4.69) is 134 Å². The summed E-state index contributed by atoms with van der Waals surface area (Å²) in [6, 6.07) is 18.5. The Bertz CT molecular complexity index is 1500. The van der Waals surface area contributed by atoms with E-state index in [9.17, 15) is 0 Å². The maximum Gasteiger partial charge on any atom is 0.0352 e. The summed E-state index contributed by atoms with van der Waals surface area (Å²) in [6.45, 7) is 2.44. The van der Waals surface area contributed by atoms with Crippen molar-refractivity contribution in [3.05, 3.63) is 125 Å². The molecule has 4 aliphatic carbocycles. The lowest BCUT2D eigenvalue weighted by atomic mass is 9.52. The smallest absolute Gasteiger partial charge is 0.0352 e. The van der Waals surface area contributed by atoms with E-state index in [4.69, 9.17) is 0 Å². The molecular weight excluding hydrogens is 521 g/mol. The molecule has 2 heteroatoms. The summed E-state index contributed by atoms with van der Waals surface area (Å²) >= 11 is 4.29. The van der Waals surface area contributed by atoms with Crippen LogP contribution in [0.5, 0.6) is 0 Å². The monoisotopic (exact) mass is 558 g/mol. The van der Waals surface area contributed by atoms with E-state index in [1.807, 2.05) is 0 Å². The minimum Gasteiger partial charge on any atom is -0.118 e. The topological polar surface area (TPSA) is 0 Å². The molecule has 1 spiro atoms. The highest BCUT2D eigenvalue weighted by Gasteiger charge is 2.60. The van der Waals surface area contributed by atoms with Crippen LogP contribution in [0.15, 0.2) is 124 Å². The van der Waals surface area contributed by atoms with Crippen LogP contribution < -0.4 is 0 Å². The SMILES string of the molecule is CC1C=CC2Sc3cc(-c4ccccc4)ccc3C3(C4=CCCC=C4SC4C=CC(C5CC=CCC5)=CC43)C2C1. The Morgan fingerprint density at radius 2 is 1.73 bits per heavy atom. The predicted octanol–water partition coefficient (Wildman–Crippen LogP) is 10.5. The Morgan fingerprint density at radius 3 is 2.60 bits per heavy atom. The van der Waals surface area contributed by atoms with Gasteiger partial charge >= 0.3 is 0 Å². The first-order valence-electron chi connectivity index (χ1n) is 15.4. The van der Waals surface area contributed by atoms with Crippen molar-refractivity contribution in [2.24, 2.45) is 23.7 Å². The highest BCUT2D eigenvalue weighted by atomic mass is 32.2. The summed E-state index contributed by atoms with van der Waals surface area (Å²) in [5.41, 5.74) is 7.54. The van der Waals surface area contributed by atoms with Gasteiger partial charge in [0.25, 0.3) is 0 Å². The first kappa shape index (κ1) is 25.3. The Hall–Kier alpha value is -2.42. The number of thioether (sulfide) groups is 2. The van der Waals surface area contributed by atoms with Gasteiger partial charge < -0.3 is 0 Å². The van der Waals surface area contributed by atoms with Gasteiger partial charge in [0.1, 0.15) is 0 Å². The molecular formula is C38H38S2. The number of hydrogen-bond acceptors (Lipinski definition) is 2. The number of fused-ring (bicyclic) bond motifs is 8. The third kappa shape index (κ3) is 3.97. The van der Waals surface area contributed by atoms with Gasteiger partial charge in [-0.05, 0) is 90.2 Å². The molecule has 0 bridgehead atoms. The van der Waals surface area contributed by atoms with E-state index in [1.165, 1.54) is 54.5 Å². The van der Waals surface area contributed by atoms with Crippen LogP contribution in [0.3, 0.4) is 0 Å². The summed E-state index contributed by atoms with van der Waals surface area (Å²) in [7, 11) is 0. The van der Waals surface area contributed by atoms with Crippen LogP contribution in [0.4, 0.5) is 0 Å². The number of allylic oxidation sites excluding steroid dienone is 9. The first-order chi connectivity index (χ1) is 19.7. The van der Waals surface area contributed by atoms with Gasteiger partial charge in [0.15, 0.2) is 0 Å². The minimum atomic E-state index is 0.0160. The van der Waals surface area contributed by atoms with E-state index < -0.39 is 0 Å². The van der Waals surface area contributed by atoms with Gasteiger partial charge in [0.2, 0.25) is 0 Å². The molecule has 0 saturated carbocycles. The molecule has 0 radical (unpaired) electrons. The third-order valence-electron chi connectivity index (χ3n) is 10.3. The maximum absolute atomic E-state index is 2.79. The van der Waals surface area contributed by atoms with Crippen molar-refractivity contribution in [2.75, 3.05) is 0 Å². The lowest BCUT2D eigenvalue weighted by Gasteiger charge is -2.59. The van der Waals surface area contributed by atoms with E-state index in [-0.39, 0.29) is 5.41 Å². The van der Waals surface area contributed by atoms with Gasteiger partial charge in [-0.3, -0.25) is 0 Å². The summed E-state index contributed by atoms with van der Waals surface area (Å²) < 4.78 is 0. The fourth-order valence-corrected chi connectivity index (χ4v) is 11.5. The lowest BCUT2D eigenvalue weighted by Crippen LogP contribution is -2.56. The summed E-state index contributed by atoms with van der Waals surface area (Å²) in [4.78, 5) is 3.07. The van der Waals surface area contributed by atoms with Crippen molar-refractivity contribution in [1.29, 1.82) is 0 Å². The molecule has 202 valence electrons. The second-order valence-electron chi connectivity index (χ2n) is 12.6. The molecule has 0 amide bonds. The molecule has 0 nitrogen and oxygen atoms in total. The quantitative estimate of drug-likeness (QED) is 0.336. The van der Waals surface area contributed by atoms with Gasteiger partial charge in [-0.1, -0.05) is 104 Å². The Morgan fingerprint density at radius 1 is 0.825 bits per heavy atom. The van der Waals surface area contributed by atoms with E-state index in [1.54, 1.807) is 21.6 Å². The normalized spacial score (nSPS) is 35.6. The van der Waals surface area contributed by atoms with Crippen molar-refractivity contribution < 1.29 is 0 Å². The van der Waals surface area contributed by atoms with Crippen molar-refractivity contribution in [2.45, 2.75) is 66.3 Å². The largest absolute Gasteiger partial charge is 0.118 e. The number of hydrogen-bond donors (Lipinski definition) is 0. The predicted molar refractivity (Wildman–Crippen MR) is 174 cm³/mol. The van der Waals surface area contributed by atoms with Gasteiger partial charge in [-0.25, -0.2) is 0 Å². The zero-order valence-corrected chi connectivity index (χ0v) is 25.0. The Labute approximate surface area is 248 Å². The Kier molecular flexibility index (Phi) is 6.41. The molecule has 2 aromatic rings. The third-order valence-corrected chi connectivity index (χ3v) is 13.0. The van der Waals surface area contributed by atoms with E-state index >= 15 is 0 Å². The average molecular weight is 559 g/mol. The molecule has 2 aliphatic heterocycles. The highest BCUT2D eigenvalue weighted by molar-refractivity contribution is 8.04. The number of benzene rings is 2. The number of rotatable bonds is 2. The van der Waals surface area contributed by atoms with Gasteiger partial charge in [-0.2, -0.15) is 0 Å². The molecule has 0 N–H and O–H groups in total. The summed E-state index contributed by atoms with van der Waals surface area (Å²) in [5, 5.41) is 1.01. The molecule has 1 saturated heterocycles. The maximum atomic E-state index is 2.79. The molecule has 2 heterocycles. The minimum absolute atomic E-state index is 0.0160. The molecule has 8 rings (SSSR count). The van der Waals surface area contributed by atoms with Crippen LogP contribution in [0.1, 0.15) is 51.0 Å². The van der Waals surface area contributed by atoms with Gasteiger partial charge in [0.05, 0.1) is 0 Å². The fraction of sp³-hybridized carbons (Fsp3) is 0.368. The molecule has 1 fully saturated rings. The zero-order valence-electron chi connectivity index (χ0n) is 23.3. The average Bonchev–Trinajstić information content (AvgIpc) is 3.01. The van der Waals surface area contributed by atoms with Crippen molar-refractivity contribution >= 4 is 23.5 Å². The van der Waals surface area contributed by atoms with Crippen LogP contribution in [-0.2, 0) is 5.41 Å². The van der Waals surface area contributed by atoms with E-state index in [0.717, 1.165) is 0 Å². The second-order valence-corrected chi connectivity index (χ2v) is 15.1. The zero-order chi connectivity index (χ0) is 26.7. The van der Waals surface area contributed by atoms with Crippen LogP contribution >= 0.6 is 23.5 Å². The van der Waals surface area contributed by atoms with Crippen LogP contribution in [0, 0.1) is 23.7 Å². The molecule has 7 unspecified atom stereocenters. The van der Waals surface area contributed by atoms with Gasteiger partial charge in [-0.15, -0.1) is 23.5 Å².